The molecule has 0 bridgehead atoms. The maximum Gasteiger partial charge on any atom is 0.237 e. The van der Waals surface area contributed by atoms with Crippen LogP contribution in [0.2, 0.25) is 0 Å². The van der Waals surface area contributed by atoms with Crippen LogP contribution in [-0.2, 0) is 4.79 Å². The first kappa shape index (κ1) is 15.9. The van der Waals surface area contributed by atoms with Crippen molar-refractivity contribution in [3.05, 3.63) is 35.9 Å². The number of thiocarbonyl (C=S) groups is 1. The van der Waals surface area contributed by atoms with Crippen molar-refractivity contribution in [3.63, 3.8) is 0 Å². The molecular formula is C16H23N3OS. The lowest BCUT2D eigenvalue weighted by atomic mass is 9.97. The van der Waals surface area contributed by atoms with Gasteiger partial charge in [-0.05, 0) is 18.5 Å². The predicted octanol–water partition coefficient (Wildman–Crippen LogP) is 1.61. The Bertz CT molecular complexity index is 484. The monoisotopic (exact) mass is 305 g/mol. The molecular weight excluding hydrogens is 282 g/mol. The third kappa shape index (κ3) is 4.02. The van der Waals surface area contributed by atoms with E-state index in [1.165, 1.54) is 0 Å². The van der Waals surface area contributed by atoms with Crippen molar-refractivity contribution >= 4 is 23.1 Å². The Labute approximate surface area is 131 Å². The van der Waals surface area contributed by atoms with Crippen molar-refractivity contribution in [3.8, 4) is 0 Å². The van der Waals surface area contributed by atoms with E-state index >= 15 is 0 Å². The SMILES string of the molecule is CCCN1CCN(C(=O)C(C(N)=S)c2ccccc2)CC1. The summed E-state index contributed by atoms with van der Waals surface area (Å²) in [5.74, 6) is -0.469. The van der Waals surface area contributed by atoms with E-state index in [2.05, 4.69) is 11.8 Å². The van der Waals surface area contributed by atoms with Gasteiger partial charge in [-0.1, -0.05) is 49.5 Å². The van der Waals surface area contributed by atoms with Crippen LogP contribution in [0.15, 0.2) is 30.3 Å². The number of hydrogen-bond donors (Lipinski definition) is 1. The van der Waals surface area contributed by atoms with Gasteiger partial charge in [0, 0.05) is 26.2 Å². The number of carbonyl (C=O) groups excluding carboxylic acids is 1. The highest BCUT2D eigenvalue weighted by atomic mass is 32.1. The molecule has 1 aliphatic rings. The zero-order valence-electron chi connectivity index (χ0n) is 12.5. The molecule has 1 aromatic rings. The molecule has 2 rings (SSSR count). The number of piperazine rings is 1. The Balaban J connectivity index is 2.05. The Hall–Kier alpha value is -1.46. The van der Waals surface area contributed by atoms with Crippen molar-refractivity contribution in [1.29, 1.82) is 0 Å². The summed E-state index contributed by atoms with van der Waals surface area (Å²) in [6, 6.07) is 9.57. The van der Waals surface area contributed by atoms with Gasteiger partial charge in [-0.15, -0.1) is 0 Å². The first-order valence-electron chi connectivity index (χ1n) is 7.49. The third-order valence-corrected chi connectivity index (χ3v) is 4.12. The average Bonchev–Trinajstić information content (AvgIpc) is 2.49. The fraction of sp³-hybridized carbons (Fsp3) is 0.500. The van der Waals surface area contributed by atoms with Crippen LogP contribution in [0, 0.1) is 0 Å². The second kappa shape index (κ2) is 7.52. The summed E-state index contributed by atoms with van der Waals surface area (Å²) in [5, 5.41) is 0. The Morgan fingerprint density at radius 1 is 1.24 bits per heavy atom. The molecule has 1 heterocycles. The van der Waals surface area contributed by atoms with Gasteiger partial charge in [0.2, 0.25) is 5.91 Å². The van der Waals surface area contributed by atoms with E-state index in [1.807, 2.05) is 35.2 Å². The number of hydrogen-bond acceptors (Lipinski definition) is 3. The number of benzene rings is 1. The van der Waals surface area contributed by atoms with Crippen LogP contribution in [0.1, 0.15) is 24.8 Å². The molecule has 5 heteroatoms. The molecule has 0 spiro atoms. The van der Waals surface area contributed by atoms with Crippen molar-refractivity contribution < 1.29 is 4.79 Å². The lowest BCUT2D eigenvalue weighted by molar-refractivity contribution is -0.132. The summed E-state index contributed by atoms with van der Waals surface area (Å²) < 4.78 is 0. The summed E-state index contributed by atoms with van der Waals surface area (Å²) in [6.07, 6.45) is 1.15. The van der Waals surface area contributed by atoms with Crippen molar-refractivity contribution in [2.75, 3.05) is 32.7 Å². The first-order chi connectivity index (χ1) is 10.1. The number of nitrogens with zero attached hydrogens (tertiary/aromatic N) is 2. The maximum atomic E-state index is 12.7. The summed E-state index contributed by atoms with van der Waals surface area (Å²) in [4.78, 5) is 17.3. The Kier molecular flexibility index (Phi) is 5.70. The fourth-order valence-electron chi connectivity index (χ4n) is 2.76. The van der Waals surface area contributed by atoms with E-state index in [4.69, 9.17) is 18.0 Å². The van der Waals surface area contributed by atoms with Crippen LogP contribution >= 0.6 is 12.2 Å². The molecule has 21 heavy (non-hydrogen) atoms. The molecule has 1 aromatic carbocycles. The Morgan fingerprint density at radius 3 is 2.38 bits per heavy atom. The number of carbonyl (C=O) groups is 1. The van der Waals surface area contributed by atoms with Crippen molar-refractivity contribution in [1.82, 2.24) is 9.80 Å². The van der Waals surface area contributed by atoms with E-state index in [0.29, 0.717) is 0 Å². The molecule has 0 aliphatic carbocycles. The van der Waals surface area contributed by atoms with Crippen LogP contribution in [0.3, 0.4) is 0 Å². The second-order valence-electron chi connectivity index (χ2n) is 5.41. The van der Waals surface area contributed by atoms with Crippen LogP contribution in [-0.4, -0.2) is 53.4 Å². The zero-order valence-corrected chi connectivity index (χ0v) is 13.3. The molecule has 1 atom stereocenters. The summed E-state index contributed by atoms with van der Waals surface area (Å²) >= 11 is 5.13. The fourth-order valence-corrected chi connectivity index (χ4v) is 3.00. The van der Waals surface area contributed by atoms with Gasteiger partial charge >= 0.3 is 0 Å². The molecule has 1 amide bonds. The van der Waals surface area contributed by atoms with Crippen LogP contribution in [0.25, 0.3) is 0 Å². The molecule has 4 nitrogen and oxygen atoms in total. The van der Waals surface area contributed by atoms with Crippen molar-refractivity contribution in [2.45, 2.75) is 19.3 Å². The average molecular weight is 305 g/mol. The number of rotatable bonds is 5. The van der Waals surface area contributed by atoms with E-state index in [-0.39, 0.29) is 10.9 Å². The van der Waals surface area contributed by atoms with E-state index in [9.17, 15) is 4.79 Å². The molecule has 0 radical (unpaired) electrons. The Morgan fingerprint density at radius 2 is 1.86 bits per heavy atom. The molecule has 2 N–H and O–H groups in total. The minimum absolute atomic E-state index is 0.0323. The van der Waals surface area contributed by atoms with Crippen LogP contribution in [0.4, 0.5) is 0 Å². The molecule has 114 valence electrons. The van der Waals surface area contributed by atoms with E-state index < -0.39 is 5.92 Å². The second-order valence-corrected chi connectivity index (χ2v) is 5.88. The topological polar surface area (TPSA) is 49.6 Å². The summed E-state index contributed by atoms with van der Waals surface area (Å²) in [6.45, 7) is 6.64. The van der Waals surface area contributed by atoms with Gasteiger partial charge < -0.3 is 10.6 Å². The number of nitrogens with two attached hydrogens (primary N) is 1. The minimum atomic E-state index is -0.501. The smallest absolute Gasteiger partial charge is 0.237 e. The van der Waals surface area contributed by atoms with Gasteiger partial charge in [0.25, 0.3) is 0 Å². The summed E-state index contributed by atoms with van der Waals surface area (Å²) in [7, 11) is 0. The van der Waals surface area contributed by atoms with E-state index in [0.717, 1.165) is 44.7 Å². The molecule has 0 saturated carbocycles. The lowest BCUT2D eigenvalue weighted by Gasteiger charge is -2.36. The highest BCUT2D eigenvalue weighted by molar-refractivity contribution is 7.80. The van der Waals surface area contributed by atoms with Gasteiger partial charge in [0.1, 0.15) is 5.92 Å². The zero-order chi connectivity index (χ0) is 15.2. The van der Waals surface area contributed by atoms with Crippen LogP contribution in [0.5, 0.6) is 0 Å². The molecule has 1 unspecified atom stereocenters. The summed E-state index contributed by atoms with van der Waals surface area (Å²) in [5.41, 5.74) is 6.71. The first-order valence-corrected chi connectivity index (χ1v) is 7.89. The van der Waals surface area contributed by atoms with Gasteiger partial charge in [-0.2, -0.15) is 0 Å². The molecule has 1 aliphatic heterocycles. The molecule has 0 aromatic heterocycles. The standard InChI is InChI=1S/C16H23N3OS/c1-2-8-18-9-11-19(12-10-18)16(20)14(15(17)21)13-6-4-3-5-7-13/h3-7,14H,2,8-12H2,1H3,(H2,17,21). The van der Waals surface area contributed by atoms with Gasteiger partial charge in [-0.3, -0.25) is 9.69 Å². The highest BCUT2D eigenvalue weighted by Crippen LogP contribution is 2.20. The number of amides is 1. The minimum Gasteiger partial charge on any atom is -0.392 e. The normalized spacial score (nSPS) is 17.5. The third-order valence-electron chi connectivity index (χ3n) is 3.89. The quantitative estimate of drug-likeness (QED) is 0.840. The molecule has 1 saturated heterocycles. The van der Waals surface area contributed by atoms with Gasteiger partial charge in [0.05, 0.1) is 4.99 Å². The largest absolute Gasteiger partial charge is 0.392 e. The van der Waals surface area contributed by atoms with Crippen LogP contribution < -0.4 is 5.73 Å². The van der Waals surface area contributed by atoms with Gasteiger partial charge in [0.15, 0.2) is 0 Å². The molecule has 1 fully saturated rings. The maximum absolute atomic E-state index is 12.7. The van der Waals surface area contributed by atoms with Crippen molar-refractivity contribution in [2.24, 2.45) is 5.73 Å². The van der Waals surface area contributed by atoms with Gasteiger partial charge in [-0.25, -0.2) is 0 Å². The highest BCUT2D eigenvalue weighted by Gasteiger charge is 2.30. The van der Waals surface area contributed by atoms with E-state index in [1.54, 1.807) is 0 Å². The predicted molar refractivity (Wildman–Crippen MR) is 89.3 cm³/mol. The lowest BCUT2D eigenvalue weighted by Crippen LogP contribution is -2.51.